The van der Waals surface area contributed by atoms with Crippen molar-refractivity contribution in [2.75, 3.05) is 0 Å². The van der Waals surface area contributed by atoms with Crippen molar-refractivity contribution in [3.8, 4) is 0 Å². The Bertz CT molecular complexity index is 1810. The molecular weight excluding hydrogens is 757 g/mol. The maximum atomic E-state index is 11.7. The number of unbranched alkanes of at least 4 members (excludes halogenated alkanes) is 7. The molecule has 6 aromatic rings. The molecule has 0 aliphatic carbocycles. The van der Waals surface area contributed by atoms with Crippen LogP contribution in [0, 0.1) is 0 Å². The van der Waals surface area contributed by atoms with Crippen molar-refractivity contribution in [3.05, 3.63) is 215 Å². The van der Waals surface area contributed by atoms with E-state index in [4.69, 9.17) is 0 Å². The van der Waals surface area contributed by atoms with E-state index >= 15 is 0 Å². The number of aldehydes is 2. The lowest BCUT2D eigenvalue weighted by atomic mass is 9.84. The summed E-state index contributed by atoms with van der Waals surface area (Å²) in [5.41, 5.74) is 7.50. The number of carbonyl (C=O) groups is 2. The van der Waals surface area contributed by atoms with Gasteiger partial charge < -0.3 is 9.59 Å². The van der Waals surface area contributed by atoms with Gasteiger partial charge in [-0.1, -0.05) is 247 Å². The summed E-state index contributed by atoms with van der Waals surface area (Å²) in [6.45, 7) is 4.40. The van der Waals surface area contributed by atoms with Crippen LogP contribution >= 0.6 is 23.5 Å². The van der Waals surface area contributed by atoms with Crippen LogP contribution in [0.5, 0.6) is 0 Å². The second-order valence-electron chi connectivity index (χ2n) is 15.3. The summed E-state index contributed by atoms with van der Waals surface area (Å²) in [6, 6.07) is 64.2. The van der Waals surface area contributed by atoms with Crippen LogP contribution in [0.4, 0.5) is 0 Å². The van der Waals surface area contributed by atoms with Crippen molar-refractivity contribution in [2.45, 2.75) is 104 Å². The molecule has 0 spiro atoms. The number of hydrogen-bond donors (Lipinski definition) is 0. The van der Waals surface area contributed by atoms with Crippen LogP contribution < -0.4 is 0 Å². The van der Waals surface area contributed by atoms with Crippen molar-refractivity contribution >= 4 is 36.1 Å². The van der Waals surface area contributed by atoms with Gasteiger partial charge in [0.2, 0.25) is 0 Å². The quantitative estimate of drug-likeness (QED) is 0.0366. The van der Waals surface area contributed by atoms with Gasteiger partial charge >= 0.3 is 0 Å². The molecule has 2 atom stereocenters. The normalized spacial score (nSPS) is 12.4. The van der Waals surface area contributed by atoms with Gasteiger partial charge in [0.15, 0.2) is 0 Å². The highest BCUT2D eigenvalue weighted by molar-refractivity contribution is 8.01. The number of thioether (sulfide) groups is 2. The molecule has 0 saturated carbocycles. The summed E-state index contributed by atoms with van der Waals surface area (Å²) < 4.78 is -0.691. The third kappa shape index (κ3) is 12.7. The molecule has 0 fully saturated rings. The number of hydrogen-bond acceptors (Lipinski definition) is 4. The maximum Gasteiger partial charge on any atom is 0.121 e. The van der Waals surface area contributed by atoms with Gasteiger partial charge in [-0.15, -0.1) is 23.5 Å². The molecule has 0 heterocycles. The first-order valence-electron chi connectivity index (χ1n) is 21.6. The molecule has 59 heavy (non-hydrogen) atoms. The lowest BCUT2D eigenvalue weighted by Gasteiger charge is -2.38. The van der Waals surface area contributed by atoms with Gasteiger partial charge in [-0.25, -0.2) is 0 Å². The molecule has 0 N–H and O–H groups in total. The highest BCUT2D eigenvalue weighted by atomic mass is 32.2. The van der Waals surface area contributed by atoms with Gasteiger partial charge in [0, 0.05) is 23.3 Å². The monoisotopic (exact) mass is 818 g/mol. The van der Waals surface area contributed by atoms with Crippen LogP contribution in [-0.2, 0) is 19.1 Å². The predicted molar refractivity (Wildman–Crippen MR) is 255 cm³/mol. The van der Waals surface area contributed by atoms with Crippen LogP contribution in [0.2, 0.25) is 0 Å². The largest absolute Gasteiger partial charge is 0.303 e. The number of carbonyl (C=O) groups excluding carboxylic acids is 2. The van der Waals surface area contributed by atoms with E-state index in [1.54, 1.807) is 0 Å². The van der Waals surface area contributed by atoms with Crippen molar-refractivity contribution in [1.29, 1.82) is 0 Å². The zero-order chi connectivity index (χ0) is 41.4. The van der Waals surface area contributed by atoms with E-state index in [9.17, 15) is 9.59 Å². The minimum absolute atomic E-state index is 0.207. The Morgan fingerprint density at radius 3 is 1.00 bits per heavy atom. The SMILES string of the molecule is CC(CC=O)SC(c1ccccc1)(c1ccccc1)c1ccccc1.CCCCCCCCCCC(CC=O)SC(c1ccccc1)(c1ccccc1)c1ccccc1. The standard InChI is InChI=1S/C32H40OS.C23H22OS/c1-2-3-4-5-6-7-8-18-25-31(26-27-33)34-32(28-19-12-9-13-20-28,29-21-14-10-15-22-29)30-23-16-11-17-24-30;1-19(17-18-24)25-23(20-11-5-2-6-12-20,21-13-7-3-8-14-21)22-15-9-4-10-16-22/h9-17,19-24,27,31H,2-8,18,25-26H2,1H3;2-16,18-19H,17H2,1H3. The molecular formula is C55H62O2S2. The topological polar surface area (TPSA) is 34.1 Å². The van der Waals surface area contributed by atoms with E-state index in [1.165, 1.54) is 84.7 Å². The lowest BCUT2D eigenvalue weighted by molar-refractivity contribution is -0.108. The van der Waals surface area contributed by atoms with Crippen molar-refractivity contribution in [3.63, 3.8) is 0 Å². The first kappa shape index (κ1) is 45.4. The fourth-order valence-electron chi connectivity index (χ4n) is 8.02. The second kappa shape index (κ2) is 25.1. The first-order chi connectivity index (χ1) is 29.1. The molecule has 6 rings (SSSR count). The van der Waals surface area contributed by atoms with Crippen molar-refractivity contribution in [1.82, 2.24) is 0 Å². The lowest BCUT2D eigenvalue weighted by Crippen LogP contribution is -2.29. The summed E-state index contributed by atoms with van der Waals surface area (Å²) in [6.07, 6.45) is 14.8. The van der Waals surface area contributed by atoms with Crippen LogP contribution in [-0.4, -0.2) is 23.1 Å². The molecule has 0 aliphatic rings. The van der Waals surface area contributed by atoms with Gasteiger partial charge in [-0.3, -0.25) is 0 Å². The highest BCUT2D eigenvalue weighted by Crippen LogP contribution is 2.52. The van der Waals surface area contributed by atoms with Crippen molar-refractivity contribution in [2.24, 2.45) is 0 Å². The Kier molecular flexibility index (Phi) is 19.3. The highest BCUT2D eigenvalue weighted by Gasteiger charge is 2.40. The van der Waals surface area contributed by atoms with Gasteiger partial charge in [-0.2, -0.15) is 0 Å². The summed E-state index contributed by atoms with van der Waals surface area (Å²) in [7, 11) is 0. The zero-order valence-electron chi connectivity index (χ0n) is 35.0. The Morgan fingerprint density at radius 2 is 0.695 bits per heavy atom. The summed E-state index contributed by atoms with van der Waals surface area (Å²) >= 11 is 3.81. The smallest absolute Gasteiger partial charge is 0.121 e. The average molecular weight is 819 g/mol. The average Bonchev–Trinajstić information content (AvgIpc) is 3.30. The fourth-order valence-corrected chi connectivity index (χ4v) is 11.4. The zero-order valence-corrected chi connectivity index (χ0v) is 36.7. The summed E-state index contributed by atoms with van der Waals surface area (Å²) in [5, 5.41) is 0.483. The van der Waals surface area contributed by atoms with E-state index in [-0.39, 0.29) is 20.0 Å². The van der Waals surface area contributed by atoms with E-state index in [0.717, 1.165) is 19.0 Å². The fraction of sp³-hybridized carbons (Fsp3) is 0.309. The molecule has 0 bridgehead atoms. The summed E-state index contributed by atoms with van der Waals surface area (Å²) in [5.74, 6) is 0. The van der Waals surface area contributed by atoms with Gasteiger partial charge in [-0.05, 0) is 39.8 Å². The first-order valence-corrected chi connectivity index (χ1v) is 23.4. The van der Waals surface area contributed by atoms with E-state index in [2.05, 4.69) is 178 Å². The predicted octanol–water partition coefficient (Wildman–Crippen LogP) is 14.9. The summed E-state index contributed by atoms with van der Waals surface area (Å²) in [4.78, 5) is 22.8. The Morgan fingerprint density at radius 1 is 0.407 bits per heavy atom. The Balaban J connectivity index is 0.000000235. The van der Waals surface area contributed by atoms with E-state index in [1.807, 2.05) is 41.7 Å². The van der Waals surface area contributed by atoms with Crippen LogP contribution in [0.25, 0.3) is 0 Å². The third-order valence-electron chi connectivity index (χ3n) is 11.0. The van der Waals surface area contributed by atoms with Crippen molar-refractivity contribution < 1.29 is 9.59 Å². The molecule has 0 aliphatic heterocycles. The molecule has 2 nitrogen and oxygen atoms in total. The van der Waals surface area contributed by atoms with E-state index in [0.29, 0.717) is 12.8 Å². The van der Waals surface area contributed by atoms with Gasteiger partial charge in [0.1, 0.15) is 12.6 Å². The number of benzene rings is 6. The minimum atomic E-state index is -0.350. The second-order valence-corrected chi connectivity index (χ2v) is 18.5. The van der Waals surface area contributed by atoms with Gasteiger partial charge in [0.05, 0.1) is 9.49 Å². The van der Waals surface area contributed by atoms with Crippen LogP contribution in [0.3, 0.4) is 0 Å². The van der Waals surface area contributed by atoms with Crippen LogP contribution in [0.1, 0.15) is 118 Å². The Labute approximate surface area is 363 Å². The molecule has 0 saturated heterocycles. The number of rotatable bonds is 23. The molecule has 2 unspecified atom stereocenters. The minimum Gasteiger partial charge on any atom is -0.303 e. The molecule has 0 radical (unpaired) electrons. The van der Waals surface area contributed by atoms with Crippen LogP contribution in [0.15, 0.2) is 182 Å². The van der Waals surface area contributed by atoms with E-state index < -0.39 is 0 Å². The van der Waals surface area contributed by atoms with Gasteiger partial charge in [0.25, 0.3) is 0 Å². The third-order valence-corrected chi connectivity index (χ3v) is 14.4. The molecule has 0 amide bonds. The maximum absolute atomic E-state index is 11.7. The molecule has 0 aromatic heterocycles. The molecule has 306 valence electrons. The molecule has 4 heteroatoms. The Hall–Kier alpha value is -4.64. The molecule has 6 aromatic carbocycles.